The van der Waals surface area contributed by atoms with Crippen molar-refractivity contribution < 1.29 is 19.4 Å². The zero-order valence-corrected chi connectivity index (χ0v) is 14.8. The number of benzene rings is 1. The van der Waals surface area contributed by atoms with Crippen LogP contribution in [0, 0.1) is 5.92 Å². The van der Waals surface area contributed by atoms with Gasteiger partial charge in [0.2, 0.25) is 0 Å². The molecule has 138 valence electrons. The summed E-state index contributed by atoms with van der Waals surface area (Å²) < 4.78 is 11.8. The van der Waals surface area contributed by atoms with Gasteiger partial charge in [-0.25, -0.2) is 4.99 Å². The molecule has 1 N–H and O–H groups in total. The second kappa shape index (κ2) is 7.50. The SMILES string of the molecule is O=C(O)C1CCN(Cc2ccc(C3COC4=CCCN=C4O3)cc2)CC1. The number of carboxylic acids is 1. The van der Waals surface area contributed by atoms with Crippen LogP contribution in [0.25, 0.3) is 0 Å². The summed E-state index contributed by atoms with van der Waals surface area (Å²) in [6, 6.07) is 8.42. The van der Waals surface area contributed by atoms with Crippen LogP contribution in [0.5, 0.6) is 0 Å². The molecule has 0 radical (unpaired) electrons. The first-order valence-electron chi connectivity index (χ1n) is 9.27. The molecule has 3 aliphatic rings. The Morgan fingerprint density at radius 1 is 1.23 bits per heavy atom. The van der Waals surface area contributed by atoms with Gasteiger partial charge in [-0.05, 0) is 49.6 Å². The lowest BCUT2D eigenvalue weighted by Gasteiger charge is -2.30. The third-order valence-electron chi connectivity index (χ3n) is 5.26. The first-order valence-corrected chi connectivity index (χ1v) is 9.27. The Labute approximate surface area is 153 Å². The number of likely N-dealkylation sites (tertiary alicyclic amines) is 1. The van der Waals surface area contributed by atoms with E-state index in [1.54, 1.807) is 0 Å². The van der Waals surface area contributed by atoms with E-state index in [9.17, 15) is 4.79 Å². The van der Waals surface area contributed by atoms with Crippen molar-refractivity contribution in [2.45, 2.75) is 31.9 Å². The van der Waals surface area contributed by atoms with E-state index in [1.165, 1.54) is 5.56 Å². The number of piperidine rings is 1. The standard InChI is InChI=1S/C20H24N2O4/c23-20(24)16-7-10-22(11-8-16)12-14-3-5-15(6-4-14)18-13-25-17-2-1-9-21-19(17)26-18/h2-6,16,18H,1,7-13H2,(H,23,24). The highest BCUT2D eigenvalue weighted by molar-refractivity contribution is 5.92. The minimum absolute atomic E-state index is 0.121. The Kier molecular flexibility index (Phi) is 4.93. The molecule has 1 aromatic rings. The van der Waals surface area contributed by atoms with Crippen LogP contribution in [0.2, 0.25) is 0 Å². The fraction of sp³-hybridized carbons (Fsp3) is 0.500. The molecule has 0 saturated carbocycles. The number of carbonyl (C=O) groups is 1. The number of hydrogen-bond donors (Lipinski definition) is 1. The van der Waals surface area contributed by atoms with Crippen molar-refractivity contribution >= 4 is 11.9 Å². The summed E-state index contributed by atoms with van der Waals surface area (Å²) in [5.41, 5.74) is 2.32. The molecule has 26 heavy (non-hydrogen) atoms. The summed E-state index contributed by atoms with van der Waals surface area (Å²) >= 11 is 0. The number of nitrogens with zero attached hydrogens (tertiary/aromatic N) is 2. The molecular formula is C20H24N2O4. The van der Waals surface area contributed by atoms with Crippen LogP contribution in [0.1, 0.15) is 36.5 Å². The third-order valence-corrected chi connectivity index (χ3v) is 5.26. The number of ether oxygens (including phenoxy) is 2. The van der Waals surface area contributed by atoms with E-state index in [0.29, 0.717) is 12.5 Å². The van der Waals surface area contributed by atoms with Gasteiger partial charge in [0.05, 0.1) is 5.92 Å². The summed E-state index contributed by atoms with van der Waals surface area (Å²) in [5, 5.41) is 9.09. The second-order valence-corrected chi connectivity index (χ2v) is 7.09. The van der Waals surface area contributed by atoms with Crippen LogP contribution in [0.15, 0.2) is 41.1 Å². The van der Waals surface area contributed by atoms with Crippen molar-refractivity contribution in [1.29, 1.82) is 0 Å². The smallest absolute Gasteiger partial charge is 0.306 e. The molecule has 0 bridgehead atoms. The maximum absolute atomic E-state index is 11.0. The molecule has 3 heterocycles. The van der Waals surface area contributed by atoms with E-state index in [4.69, 9.17) is 14.6 Å². The largest absolute Gasteiger partial charge is 0.484 e. The molecule has 2 fully saturated rings. The first-order chi connectivity index (χ1) is 12.7. The fourth-order valence-electron chi connectivity index (χ4n) is 3.68. The Balaban J connectivity index is 1.33. The van der Waals surface area contributed by atoms with E-state index in [0.717, 1.165) is 56.8 Å². The quantitative estimate of drug-likeness (QED) is 0.898. The lowest BCUT2D eigenvalue weighted by atomic mass is 9.96. The average Bonchev–Trinajstić information content (AvgIpc) is 2.68. The number of hydrogen-bond acceptors (Lipinski definition) is 5. The molecule has 1 aromatic carbocycles. The van der Waals surface area contributed by atoms with Gasteiger partial charge in [0.1, 0.15) is 6.61 Å². The van der Waals surface area contributed by atoms with Gasteiger partial charge in [-0.3, -0.25) is 9.69 Å². The number of aliphatic imine (C=N–C) groups is 1. The van der Waals surface area contributed by atoms with Gasteiger partial charge < -0.3 is 14.6 Å². The predicted octanol–water partition coefficient (Wildman–Crippen LogP) is 2.76. The Hall–Kier alpha value is -2.34. The normalized spacial score (nSPS) is 23.9. The van der Waals surface area contributed by atoms with Crippen LogP contribution in [0.3, 0.4) is 0 Å². The lowest BCUT2D eigenvalue weighted by Crippen LogP contribution is -2.35. The van der Waals surface area contributed by atoms with Crippen molar-refractivity contribution in [3.8, 4) is 0 Å². The molecule has 1 atom stereocenters. The molecule has 0 aromatic heterocycles. The van der Waals surface area contributed by atoms with Gasteiger partial charge in [0.15, 0.2) is 11.9 Å². The molecule has 0 amide bonds. The Morgan fingerprint density at radius 3 is 2.73 bits per heavy atom. The van der Waals surface area contributed by atoms with Gasteiger partial charge in [-0.1, -0.05) is 24.3 Å². The van der Waals surface area contributed by atoms with Crippen LogP contribution in [-0.2, 0) is 20.8 Å². The zero-order chi connectivity index (χ0) is 17.9. The lowest BCUT2D eigenvalue weighted by molar-refractivity contribution is -0.143. The highest BCUT2D eigenvalue weighted by Crippen LogP contribution is 2.28. The van der Waals surface area contributed by atoms with Gasteiger partial charge >= 0.3 is 5.97 Å². The monoisotopic (exact) mass is 356 g/mol. The molecule has 0 aliphatic carbocycles. The minimum Gasteiger partial charge on any atom is -0.484 e. The number of dihydropyridines is 1. The van der Waals surface area contributed by atoms with E-state index in [-0.39, 0.29) is 12.0 Å². The van der Waals surface area contributed by atoms with Crippen LogP contribution < -0.4 is 0 Å². The van der Waals surface area contributed by atoms with Crippen molar-refractivity contribution in [3.05, 3.63) is 47.2 Å². The molecule has 3 aliphatic heterocycles. The van der Waals surface area contributed by atoms with Crippen molar-refractivity contribution in [2.75, 3.05) is 26.2 Å². The van der Waals surface area contributed by atoms with Gasteiger partial charge in [0, 0.05) is 13.1 Å². The first kappa shape index (κ1) is 17.1. The number of fused-ring (bicyclic) bond motifs is 1. The van der Waals surface area contributed by atoms with E-state index in [1.807, 2.05) is 6.08 Å². The van der Waals surface area contributed by atoms with Crippen LogP contribution in [-0.4, -0.2) is 48.1 Å². The van der Waals surface area contributed by atoms with Gasteiger partial charge in [-0.2, -0.15) is 0 Å². The zero-order valence-electron chi connectivity index (χ0n) is 14.8. The summed E-state index contributed by atoms with van der Waals surface area (Å²) in [4.78, 5) is 17.8. The molecule has 1 unspecified atom stereocenters. The topological polar surface area (TPSA) is 71.4 Å². The van der Waals surface area contributed by atoms with Gasteiger partial charge in [-0.15, -0.1) is 0 Å². The van der Waals surface area contributed by atoms with E-state index in [2.05, 4.69) is 34.2 Å². The van der Waals surface area contributed by atoms with Crippen LogP contribution in [0.4, 0.5) is 0 Å². The summed E-state index contributed by atoms with van der Waals surface area (Å²) in [5.74, 6) is 0.551. The second-order valence-electron chi connectivity index (χ2n) is 7.09. The van der Waals surface area contributed by atoms with Gasteiger partial charge in [0.25, 0.3) is 5.90 Å². The summed E-state index contributed by atoms with van der Waals surface area (Å²) in [6.45, 7) is 3.80. The van der Waals surface area contributed by atoms with E-state index >= 15 is 0 Å². The molecule has 6 heteroatoms. The maximum Gasteiger partial charge on any atom is 0.306 e. The molecule has 2 saturated heterocycles. The number of rotatable bonds is 4. The number of carboxylic acid groups (broad SMARTS) is 1. The molecule has 6 nitrogen and oxygen atoms in total. The molecular weight excluding hydrogens is 332 g/mol. The minimum atomic E-state index is -0.663. The van der Waals surface area contributed by atoms with Crippen molar-refractivity contribution in [2.24, 2.45) is 10.9 Å². The van der Waals surface area contributed by atoms with Crippen LogP contribution >= 0.6 is 0 Å². The predicted molar refractivity (Wildman–Crippen MR) is 96.9 cm³/mol. The Bertz CT molecular complexity index is 718. The Morgan fingerprint density at radius 2 is 2.00 bits per heavy atom. The van der Waals surface area contributed by atoms with Crippen molar-refractivity contribution in [3.63, 3.8) is 0 Å². The van der Waals surface area contributed by atoms with Crippen molar-refractivity contribution in [1.82, 2.24) is 4.90 Å². The summed E-state index contributed by atoms with van der Waals surface area (Å²) in [6.07, 6.45) is 4.29. The highest BCUT2D eigenvalue weighted by atomic mass is 16.6. The fourth-order valence-corrected chi connectivity index (χ4v) is 3.68. The third kappa shape index (κ3) is 3.75. The number of aliphatic carboxylic acids is 1. The average molecular weight is 356 g/mol. The highest BCUT2D eigenvalue weighted by Gasteiger charge is 2.27. The molecule has 0 spiro atoms. The summed E-state index contributed by atoms with van der Waals surface area (Å²) in [7, 11) is 0. The molecule has 4 rings (SSSR count). The van der Waals surface area contributed by atoms with E-state index < -0.39 is 5.97 Å². The maximum atomic E-state index is 11.0.